The summed E-state index contributed by atoms with van der Waals surface area (Å²) in [5.74, 6) is -0.00588. The van der Waals surface area contributed by atoms with Crippen LogP contribution in [-0.2, 0) is 11.3 Å². The number of nitrogens with zero attached hydrogens (tertiary/aromatic N) is 3. The van der Waals surface area contributed by atoms with E-state index in [9.17, 15) is 4.79 Å². The van der Waals surface area contributed by atoms with Gasteiger partial charge in [0.1, 0.15) is 4.32 Å². The van der Waals surface area contributed by atoms with Gasteiger partial charge in [-0.2, -0.15) is 5.10 Å². The Hall–Kier alpha value is -1.14. The third-order valence-electron chi connectivity index (χ3n) is 2.93. The average Bonchev–Trinajstić information content (AvgIpc) is 2.81. The van der Waals surface area contributed by atoms with Crippen LogP contribution >= 0.6 is 24.0 Å². The topological polar surface area (TPSA) is 38.1 Å². The molecule has 0 spiro atoms. The minimum Gasteiger partial charge on any atom is -0.290 e. The molecule has 0 N–H and O–H groups in total. The molecular formula is C13H17N3OS2. The summed E-state index contributed by atoms with van der Waals surface area (Å²) in [4.78, 5) is 14.6. The number of amides is 1. The summed E-state index contributed by atoms with van der Waals surface area (Å²) in [5.41, 5.74) is 1.91. The van der Waals surface area contributed by atoms with Crippen molar-refractivity contribution >= 4 is 40.3 Å². The van der Waals surface area contributed by atoms with E-state index in [-0.39, 0.29) is 11.9 Å². The average molecular weight is 295 g/mol. The largest absolute Gasteiger partial charge is 0.290 e. The molecule has 2 heterocycles. The van der Waals surface area contributed by atoms with Crippen LogP contribution in [0.5, 0.6) is 0 Å². The number of thioether (sulfide) groups is 1. The highest BCUT2D eigenvalue weighted by atomic mass is 32.2. The van der Waals surface area contributed by atoms with Gasteiger partial charge in [0.15, 0.2) is 0 Å². The first-order valence-corrected chi connectivity index (χ1v) is 7.47. The maximum Gasteiger partial charge on any atom is 0.266 e. The summed E-state index contributed by atoms with van der Waals surface area (Å²) in [5, 5.41) is 4.37. The number of hydrogen-bond acceptors (Lipinski definition) is 4. The molecule has 4 nitrogen and oxygen atoms in total. The van der Waals surface area contributed by atoms with Crippen molar-refractivity contribution in [1.29, 1.82) is 0 Å². The number of aromatic nitrogens is 2. The molecule has 0 radical (unpaired) electrons. The van der Waals surface area contributed by atoms with Crippen molar-refractivity contribution in [2.45, 2.75) is 40.3 Å². The summed E-state index contributed by atoms with van der Waals surface area (Å²) in [7, 11) is 0. The van der Waals surface area contributed by atoms with Crippen LogP contribution in [-0.4, -0.2) is 30.9 Å². The predicted molar refractivity (Wildman–Crippen MR) is 82.8 cm³/mol. The molecule has 1 saturated heterocycles. The van der Waals surface area contributed by atoms with E-state index in [0.717, 1.165) is 17.8 Å². The Balaban J connectivity index is 2.32. The Morgan fingerprint density at radius 3 is 2.68 bits per heavy atom. The first kappa shape index (κ1) is 14.3. The molecular weight excluding hydrogens is 278 g/mol. The molecule has 6 heteroatoms. The van der Waals surface area contributed by atoms with Crippen LogP contribution in [0.1, 0.15) is 32.0 Å². The van der Waals surface area contributed by atoms with Gasteiger partial charge in [0.05, 0.1) is 10.6 Å². The molecule has 2 rings (SSSR count). The molecule has 1 aliphatic rings. The lowest BCUT2D eigenvalue weighted by Gasteiger charge is -2.18. The van der Waals surface area contributed by atoms with E-state index < -0.39 is 0 Å². The molecule has 1 aromatic heterocycles. The van der Waals surface area contributed by atoms with Gasteiger partial charge in [-0.25, -0.2) is 0 Å². The smallest absolute Gasteiger partial charge is 0.266 e. The molecule has 1 aromatic rings. The number of rotatable bonds is 3. The van der Waals surface area contributed by atoms with Crippen molar-refractivity contribution in [3.63, 3.8) is 0 Å². The molecule has 1 fully saturated rings. The maximum absolute atomic E-state index is 12.3. The molecule has 0 saturated carbocycles. The Morgan fingerprint density at radius 2 is 2.21 bits per heavy atom. The zero-order chi connectivity index (χ0) is 14.2. The molecule has 1 amide bonds. The van der Waals surface area contributed by atoms with Gasteiger partial charge in [-0.05, 0) is 33.8 Å². The lowest BCUT2D eigenvalue weighted by atomic mass is 10.2. The van der Waals surface area contributed by atoms with Crippen LogP contribution in [0.4, 0.5) is 0 Å². The summed E-state index contributed by atoms with van der Waals surface area (Å²) in [6.07, 6.45) is 3.84. The minimum atomic E-state index is -0.00588. The molecule has 19 heavy (non-hydrogen) atoms. The quantitative estimate of drug-likeness (QED) is 0.635. The van der Waals surface area contributed by atoms with E-state index >= 15 is 0 Å². The predicted octanol–water partition coefficient (Wildman–Crippen LogP) is 2.82. The maximum atomic E-state index is 12.3. The molecule has 102 valence electrons. The number of carbonyl (C=O) groups excluding carboxylic acids is 1. The van der Waals surface area contributed by atoms with Crippen molar-refractivity contribution in [2.24, 2.45) is 0 Å². The van der Waals surface area contributed by atoms with E-state index in [1.54, 1.807) is 4.90 Å². The number of carbonyl (C=O) groups is 1. The molecule has 1 aliphatic heterocycles. The van der Waals surface area contributed by atoms with Crippen molar-refractivity contribution in [1.82, 2.24) is 14.7 Å². The summed E-state index contributed by atoms with van der Waals surface area (Å²) < 4.78 is 2.50. The van der Waals surface area contributed by atoms with E-state index in [1.165, 1.54) is 11.8 Å². The SMILES string of the molecule is CCn1cc(C=C2SC(=S)N(C(C)C)C2=O)c(C)n1. The van der Waals surface area contributed by atoms with Crippen molar-refractivity contribution in [3.8, 4) is 0 Å². The first-order chi connectivity index (χ1) is 8.93. The van der Waals surface area contributed by atoms with Crippen LogP contribution in [0.2, 0.25) is 0 Å². The second kappa shape index (κ2) is 5.46. The molecule has 0 aromatic carbocycles. The highest BCUT2D eigenvalue weighted by Gasteiger charge is 2.33. The van der Waals surface area contributed by atoms with Gasteiger partial charge in [0.2, 0.25) is 0 Å². The summed E-state index contributed by atoms with van der Waals surface area (Å²) >= 11 is 6.62. The highest BCUT2D eigenvalue weighted by molar-refractivity contribution is 8.26. The van der Waals surface area contributed by atoms with Gasteiger partial charge in [-0.3, -0.25) is 14.4 Å². The Morgan fingerprint density at radius 1 is 1.53 bits per heavy atom. The van der Waals surface area contributed by atoms with Crippen LogP contribution in [0.25, 0.3) is 6.08 Å². The first-order valence-electron chi connectivity index (χ1n) is 6.25. The number of hydrogen-bond donors (Lipinski definition) is 0. The lowest BCUT2D eigenvalue weighted by Crippen LogP contribution is -2.34. The van der Waals surface area contributed by atoms with Crippen molar-refractivity contribution < 1.29 is 4.79 Å². The normalized spacial score (nSPS) is 18.2. The monoisotopic (exact) mass is 295 g/mol. The van der Waals surface area contributed by atoms with Crippen LogP contribution in [0, 0.1) is 6.92 Å². The highest BCUT2D eigenvalue weighted by Crippen LogP contribution is 2.34. The Labute approximate surface area is 122 Å². The fourth-order valence-corrected chi connectivity index (χ4v) is 3.42. The van der Waals surface area contributed by atoms with Crippen LogP contribution in [0.15, 0.2) is 11.1 Å². The molecule has 0 bridgehead atoms. The zero-order valence-electron chi connectivity index (χ0n) is 11.5. The molecule has 0 atom stereocenters. The van der Waals surface area contributed by atoms with E-state index in [0.29, 0.717) is 9.23 Å². The molecule has 0 aliphatic carbocycles. The van der Waals surface area contributed by atoms with Crippen molar-refractivity contribution in [3.05, 3.63) is 22.4 Å². The zero-order valence-corrected chi connectivity index (χ0v) is 13.1. The van der Waals surface area contributed by atoms with Gasteiger partial charge >= 0.3 is 0 Å². The van der Waals surface area contributed by atoms with Gasteiger partial charge in [-0.1, -0.05) is 24.0 Å². The third kappa shape index (κ3) is 2.74. The second-order valence-electron chi connectivity index (χ2n) is 4.67. The fourth-order valence-electron chi connectivity index (χ4n) is 1.90. The fraction of sp³-hybridized carbons (Fsp3) is 0.462. The number of thiocarbonyl (C=S) groups is 1. The van der Waals surface area contributed by atoms with Crippen molar-refractivity contribution in [2.75, 3.05) is 0 Å². The Kier molecular flexibility index (Phi) is 4.10. The van der Waals surface area contributed by atoms with E-state index in [4.69, 9.17) is 12.2 Å². The van der Waals surface area contributed by atoms with Crippen LogP contribution in [0.3, 0.4) is 0 Å². The van der Waals surface area contributed by atoms with E-state index in [2.05, 4.69) is 5.10 Å². The third-order valence-corrected chi connectivity index (χ3v) is 4.27. The number of aryl methyl sites for hydroxylation is 2. The van der Waals surface area contributed by atoms with Crippen LogP contribution < -0.4 is 0 Å². The Bertz CT molecular complexity index is 560. The van der Waals surface area contributed by atoms with Gasteiger partial charge < -0.3 is 0 Å². The minimum absolute atomic E-state index is 0.00588. The van der Waals surface area contributed by atoms with E-state index in [1.807, 2.05) is 44.6 Å². The summed E-state index contributed by atoms with van der Waals surface area (Å²) in [6, 6.07) is 0.0952. The van der Waals surface area contributed by atoms with Gasteiger partial charge in [0, 0.05) is 24.3 Å². The standard InChI is InChI=1S/C13H17N3OS2/c1-5-15-7-10(9(4)14-15)6-11-12(17)16(8(2)3)13(18)19-11/h6-8H,5H2,1-4H3. The van der Waals surface area contributed by atoms with Gasteiger partial charge in [-0.15, -0.1) is 0 Å². The second-order valence-corrected chi connectivity index (χ2v) is 6.35. The van der Waals surface area contributed by atoms with Gasteiger partial charge in [0.25, 0.3) is 5.91 Å². The molecule has 0 unspecified atom stereocenters. The summed E-state index contributed by atoms with van der Waals surface area (Å²) in [6.45, 7) is 8.74. The lowest BCUT2D eigenvalue weighted by molar-refractivity contribution is -0.123.